The molecule has 0 radical (unpaired) electrons. The number of nitrogens with zero attached hydrogens (tertiary/aromatic N) is 2. The standard InChI is InChI=1S/C15H16N4O3/c1-9-6-13(19-22-9)18-15(21)12-7-11(12)14(20)17-8-10-2-4-16-5-3-10/h2-6,11-12H,7-8H2,1H3,(H,17,20)(H,18,19,21). The first-order valence-corrected chi connectivity index (χ1v) is 7.04. The molecule has 2 N–H and O–H groups in total. The van der Waals surface area contributed by atoms with Crippen LogP contribution in [0.2, 0.25) is 0 Å². The van der Waals surface area contributed by atoms with Crippen molar-refractivity contribution in [2.24, 2.45) is 11.8 Å². The van der Waals surface area contributed by atoms with Crippen molar-refractivity contribution in [3.05, 3.63) is 41.9 Å². The van der Waals surface area contributed by atoms with Crippen molar-refractivity contribution in [1.29, 1.82) is 0 Å². The molecule has 3 rings (SSSR count). The molecule has 2 heterocycles. The number of rotatable bonds is 5. The number of aryl methyl sites for hydroxylation is 1. The van der Waals surface area contributed by atoms with Crippen LogP contribution in [-0.4, -0.2) is 22.0 Å². The van der Waals surface area contributed by atoms with Gasteiger partial charge < -0.3 is 15.2 Å². The molecule has 2 amide bonds. The Morgan fingerprint density at radius 2 is 2.00 bits per heavy atom. The second-order valence-electron chi connectivity index (χ2n) is 5.33. The lowest BCUT2D eigenvalue weighted by Crippen LogP contribution is -2.27. The first-order chi connectivity index (χ1) is 10.6. The molecule has 1 saturated carbocycles. The van der Waals surface area contributed by atoms with Gasteiger partial charge in [0.25, 0.3) is 0 Å². The quantitative estimate of drug-likeness (QED) is 0.866. The van der Waals surface area contributed by atoms with E-state index in [1.54, 1.807) is 25.4 Å². The molecule has 1 aliphatic rings. The molecule has 22 heavy (non-hydrogen) atoms. The lowest BCUT2D eigenvalue weighted by atomic mass is 10.2. The Kier molecular flexibility index (Phi) is 3.86. The van der Waals surface area contributed by atoms with Gasteiger partial charge in [-0.05, 0) is 31.0 Å². The number of nitrogens with one attached hydrogen (secondary N) is 2. The van der Waals surface area contributed by atoms with E-state index >= 15 is 0 Å². The molecule has 0 aromatic carbocycles. The Labute approximate surface area is 127 Å². The third kappa shape index (κ3) is 3.30. The molecule has 7 nitrogen and oxygen atoms in total. The van der Waals surface area contributed by atoms with Crippen molar-refractivity contribution >= 4 is 17.6 Å². The highest BCUT2D eigenvalue weighted by atomic mass is 16.5. The van der Waals surface area contributed by atoms with E-state index in [1.807, 2.05) is 12.1 Å². The largest absolute Gasteiger partial charge is 0.360 e. The minimum Gasteiger partial charge on any atom is -0.360 e. The summed E-state index contributed by atoms with van der Waals surface area (Å²) in [7, 11) is 0. The number of hydrogen-bond acceptors (Lipinski definition) is 5. The van der Waals surface area contributed by atoms with Crippen LogP contribution >= 0.6 is 0 Å². The summed E-state index contributed by atoms with van der Waals surface area (Å²) in [6.45, 7) is 2.18. The van der Waals surface area contributed by atoms with Crippen molar-refractivity contribution in [1.82, 2.24) is 15.5 Å². The van der Waals surface area contributed by atoms with Crippen LogP contribution in [0.5, 0.6) is 0 Å². The molecule has 7 heteroatoms. The molecule has 0 spiro atoms. The maximum Gasteiger partial charge on any atom is 0.229 e. The number of anilines is 1. The van der Waals surface area contributed by atoms with E-state index in [2.05, 4.69) is 20.8 Å². The fourth-order valence-electron chi connectivity index (χ4n) is 2.24. The van der Waals surface area contributed by atoms with Crippen LogP contribution in [0.1, 0.15) is 17.7 Å². The Hall–Kier alpha value is -2.70. The van der Waals surface area contributed by atoms with Crippen molar-refractivity contribution in [3.8, 4) is 0 Å². The summed E-state index contributed by atoms with van der Waals surface area (Å²) in [4.78, 5) is 27.9. The number of hydrogen-bond donors (Lipinski definition) is 2. The lowest BCUT2D eigenvalue weighted by molar-refractivity contribution is -0.125. The van der Waals surface area contributed by atoms with E-state index in [0.29, 0.717) is 24.5 Å². The number of carbonyl (C=O) groups is 2. The van der Waals surface area contributed by atoms with Gasteiger partial charge >= 0.3 is 0 Å². The number of pyridine rings is 1. The molecular weight excluding hydrogens is 284 g/mol. The summed E-state index contributed by atoms with van der Waals surface area (Å²) in [5, 5.41) is 9.18. The number of aromatic nitrogens is 2. The zero-order valence-corrected chi connectivity index (χ0v) is 12.1. The van der Waals surface area contributed by atoms with Crippen LogP contribution in [0.4, 0.5) is 5.82 Å². The topological polar surface area (TPSA) is 97.1 Å². The molecule has 0 saturated heterocycles. The van der Waals surface area contributed by atoms with Crippen LogP contribution < -0.4 is 10.6 Å². The summed E-state index contributed by atoms with van der Waals surface area (Å²) >= 11 is 0. The maximum atomic E-state index is 12.0. The molecule has 1 aliphatic carbocycles. The van der Waals surface area contributed by atoms with E-state index in [9.17, 15) is 9.59 Å². The Morgan fingerprint density at radius 3 is 2.68 bits per heavy atom. The minimum absolute atomic E-state index is 0.103. The van der Waals surface area contributed by atoms with Crippen molar-refractivity contribution in [2.45, 2.75) is 19.9 Å². The smallest absolute Gasteiger partial charge is 0.229 e. The minimum atomic E-state index is -0.297. The van der Waals surface area contributed by atoms with Crippen LogP contribution in [0, 0.1) is 18.8 Å². The van der Waals surface area contributed by atoms with Crippen molar-refractivity contribution < 1.29 is 14.1 Å². The normalized spacial score (nSPS) is 19.5. The Bertz CT molecular complexity index is 683. The molecule has 1 fully saturated rings. The molecule has 114 valence electrons. The zero-order chi connectivity index (χ0) is 15.5. The summed E-state index contributed by atoms with van der Waals surface area (Å²) < 4.78 is 4.88. The van der Waals surface area contributed by atoms with Gasteiger partial charge in [-0.2, -0.15) is 0 Å². The first kappa shape index (κ1) is 14.2. The predicted octanol–water partition coefficient (Wildman–Crippen LogP) is 1.27. The first-order valence-electron chi connectivity index (χ1n) is 7.04. The van der Waals surface area contributed by atoms with E-state index in [-0.39, 0.29) is 23.7 Å². The highest BCUT2D eigenvalue weighted by molar-refractivity contribution is 5.99. The third-order valence-corrected chi connectivity index (χ3v) is 3.56. The van der Waals surface area contributed by atoms with Gasteiger partial charge in [0.2, 0.25) is 11.8 Å². The van der Waals surface area contributed by atoms with Crippen LogP contribution in [-0.2, 0) is 16.1 Å². The van der Waals surface area contributed by atoms with Gasteiger partial charge in [-0.3, -0.25) is 14.6 Å². The van der Waals surface area contributed by atoms with Crippen molar-refractivity contribution in [3.63, 3.8) is 0 Å². The van der Waals surface area contributed by atoms with Crippen molar-refractivity contribution in [2.75, 3.05) is 5.32 Å². The van der Waals surface area contributed by atoms with Gasteiger partial charge in [-0.15, -0.1) is 0 Å². The van der Waals surface area contributed by atoms with E-state index in [4.69, 9.17) is 4.52 Å². The molecule has 0 bridgehead atoms. The maximum absolute atomic E-state index is 12.0. The lowest BCUT2D eigenvalue weighted by Gasteiger charge is -2.04. The molecule has 2 unspecified atom stereocenters. The number of carbonyl (C=O) groups excluding carboxylic acids is 2. The third-order valence-electron chi connectivity index (χ3n) is 3.56. The SMILES string of the molecule is Cc1cc(NC(=O)C2CC2C(=O)NCc2ccncc2)no1. The molecule has 2 atom stereocenters. The van der Waals surface area contributed by atoms with E-state index in [1.165, 1.54) is 0 Å². The molecule has 0 aliphatic heterocycles. The summed E-state index contributed by atoms with van der Waals surface area (Å²) in [6, 6.07) is 5.31. The van der Waals surface area contributed by atoms with E-state index < -0.39 is 0 Å². The highest BCUT2D eigenvalue weighted by Gasteiger charge is 2.48. The molecule has 2 aromatic rings. The monoisotopic (exact) mass is 300 g/mol. The second kappa shape index (κ2) is 5.97. The average Bonchev–Trinajstić information content (AvgIpc) is 3.23. The van der Waals surface area contributed by atoms with Crippen LogP contribution in [0.15, 0.2) is 35.1 Å². The Morgan fingerprint density at radius 1 is 1.27 bits per heavy atom. The fraction of sp³-hybridized carbons (Fsp3) is 0.333. The van der Waals surface area contributed by atoms with Gasteiger partial charge in [-0.25, -0.2) is 0 Å². The Balaban J connectivity index is 1.47. The molecule has 2 aromatic heterocycles. The summed E-state index contributed by atoms with van der Waals surface area (Å²) in [6.07, 6.45) is 3.91. The number of amides is 2. The van der Waals surface area contributed by atoms with Gasteiger partial charge in [0.1, 0.15) is 5.76 Å². The van der Waals surface area contributed by atoms with Gasteiger partial charge in [0.15, 0.2) is 5.82 Å². The highest BCUT2D eigenvalue weighted by Crippen LogP contribution is 2.39. The predicted molar refractivity (Wildman–Crippen MR) is 77.6 cm³/mol. The summed E-state index contributed by atoms with van der Waals surface area (Å²) in [5.74, 6) is 0.137. The van der Waals surface area contributed by atoms with Crippen LogP contribution in [0.25, 0.3) is 0 Å². The van der Waals surface area contributed by atoms with Gasteiger partial charge in [-0.1, -0.05) is 5.16 Å². The fourth-order valence-corrected chi connectivity index (χ4v) is 2.24. The van der Waals surface area contributed by atoms with Crippen LogP contribution in [0.3, 0.4) is 0 Å². The van der Waals surface area contributed by atoms with Gasteiger partial charge in [0, 0.05) is 25.0 Å². The summed E-state index contributed by atoms with van der Waals surface area (Å²) in [5.41, 5.74) is 0.975. The molecular formula is C15H16N4O3. The zero-order valence-electron chi connectivity index (χ0n) is 12.1. The van der Waals surface area contributed by atoms with E-state index in [0.717, 1.165) is 5.56 Å². The van der Waals surface area contributed by atoms with Gasteiger partial charge in [0.05, 0.1) is 11.8 Å². The second-order valence-corrected chi connectivity index (χ2v) is 5.33. The average molecular weight is 300 g/mol.